The number of hydrogen-bond donors (Lipinski definition) is 1. The molecular weight excluding hydrogens is 278 g/mol. The van der Waals surface area contributed by atoms with Gasteiger partial charge in [-0.3, -0.25) is 14.9 Å². The first kappa shape index (κ1) is 14.8. The molecule has 0 aliphatic rings. The standard InChI is InChI=1S/C11H12ClNO4S/c1-6(2)10(11(14)15)18-9-4-3-7(12)5-8(9)13(16)17/h3-6,10H,1-2H3,(H,14,15). The van der Waals surface area contributed by atoms with Gasteiger partial charge in [0.2, 0.25) is 0 Å². The van der Waals surface area contributed by atoms with Crippen LogP contribution in [0.3, 0.4) is 0 Å². The molecule has 1 aromatic rings. The fourth-order valence-electron chi connectivity index (χ4n) is 1.34. The van der Waals surface area contributed by atoms with Gasteiger partial charge in [0.05, 0.1) is 9.82 Å². The Morgan fingerprint density at radius 3 is 2.56 bits per heavy atom. The highest BCUT2D eigenvalue weighted by atomic mass is 35.5. The number of halogens is 1. The molecule has 98 valence electrons. The van der Waals surface area contributed by atoms with Crippen molar-refractivity contribution < 1.29 is 14.8 Å². The van der Waals surface area contributed by atoms with Gasteiger partial charge in [0.1, 0.15) is 5.25 Å². The number of nitro benzene ring substituents is 1. The van der Waals surface area contributed by atoms with Crippen molar-refractivity contribution in [2.24, 2.45) is 5.92 Å². The molecule has 0 radical (unpaired) electrons. The van der Waals surface area contributed by atoms with Crippen LogP contribution in [-0.4, -0.2) is 21.2 Å². The average molecular weight is 290 g/mol. The second-order valence-electron chi connectivity index (χ2n) is 3.99. The van der Waals surface area contributed by atoms with Gasteiger partial charge in [-0.15, -0.1) is 11.8 Å². The summed E-state index contributed by atoms with van der Waals surface area (Å²) >= 11 is 6.66. The Hall–Kier alpha value is -1.27. The first-order valence-electron chi connectivity index (χ1n) is 5.16. The quantitative estimate of drug-likeness (QED) is 0.510. The maximum atomic E-state index is 11.1. The second-order valence-corrected chi connectivity index (χ2v) is 5.61. The maximum absolute atomic E-state index is 11.1. The highest BCUT2D eigenvalue weighted by molar-refractivity contribution is 8.00. The third kappa shape index (κ3) is 3.61. The number of rotatable bonds is 5. The maximum Gasteiger partial charge on any atom is 0.317 e. The Morgan fingerprint density at radius 2 is 2.11 bits per heavy atom. The lowest BCUT2D eigenvalue weighted by Gasteiger charge is -2.15. The molecule has 7 heteroatoms. The number of nitro groups is 1. The van der Waals surface area contributed by atoms with Crippen LogP contribution < -0.4 is 0 Å². The van der Waals surface area contributed by atoms with Crippen LogP contribution in [0.15, 0.2) is 23.1 Å². The van der Waals surface area contributed by atoms with Crippen molar-refractivity contribution in [2.45, 2.75) is 24.0 Å². The summed E-state index contributed by atoms with van der Waals surface area (Å²) in [6.45, 7) is 3.51. The van der Waals surface area contributed by atoms with Crippen LogP contribution in [0.5, 0.6) is 0 Å². The zero-order valence-electron chi connectivity index (χ0n) is 9.79. The van der Waals surface area contributed by atoms with E-state index in [0.29, 0.717) is 4.90 Å². The first-order chi connectivity index (χ1) is 8.32. The number of carboxylic acids is 1. The molecule has 1 rings (SSSR count). The van der Waals surface area contributed by atoms with E-state index in [1.807, 2.05) is 0 Å². The molecule has 0 heterocycles. The molecule has 1 atom stereocenters. The molecule has 5 nitrogen and oxygen atoms in total. The average Bonchev–Trinajstić information content (AvgIpc) is 2.25. The predicted molar refractivity (Wildman–Crippen MR) is 70.2 cm³/mol. The van der Waals surface area contributed by atoms with E-state index in [-0.39, 0.29) is 16.6 Å². The number of carboxylic acid groups (broad SMARTS) is 1. The molecule has 1 unspecified atom stereocenters. The number of nitrogens with zero attached hydrogens (tertiary/aromatic N) is 1. The Kier molecular flexibility index (Phi) is 4.98. The monoisotopic (exact) mass is 289 g/mol. The summed E-state index contributed by atoms with van der Waals surface area (Å²) in [4.78, 5) is 21.7. The summed E-state index contributed by atoms with van der Waals surface area (Å²) in [6.07, 6.45) is 0. The van der Waals surface area contributed by atoms with Crippen molar-refractivity contribution in [3.05, 3.63) is 33.3 Å². The van der Waals surface area contributed by atoms with Crippen molar-refractivity contribution in [1.29, 1.82) is 0 Å². The zero-order valence-corrected chi connectivity index (χ0v) is 11.4. The van der Waals surface area contributed by atoms with Gasteiger partial charge in [0.25, 0.3) is 5.69 Å². The number of carbonyl (C=O) groups is 1. The van der Waals surface area contributed by atoms with Gasteiger partial charge < -0.3 is 5.11 Å². The molecule has 0 fully saturated rings. The molecule has 0 aromatic heterocycles. The van der Waals surface area contributed by atoms with Crippen LogP contribution in [-0.2, 0) is 4.79 Å². The minimum absolute atomic E-state index is 0.136. The van der Waals surface area contributed by atoms with Crippen molar-refractivity contribution in [2.75, 3.05) is 0 Å². The molecule has 0 aliphatic carbocycles. The molecule has 18 heavy (non-hydrogen) atoms. The molecule has 1 aromatic carbocycles. The molecule has 1 N–H and O–H groups in total. The Labute approximate surface area is 113 Å². The van der Waals surface area contributed by atoms with Crippen LogP contribution in [0.4, 0.5) is 5.69 Å². The summed E-state index contributed by atoms with van der Waals surface area (Å²) in [5, 5.41) is 19.5. The zero-order chi connectivity index (χ0) is 13.9. The van der Waals surface area contributed by atoms with Crippen LogP contribution in [0, 0.1) is 16.0 Å². The lowest BCUT2D eigenvalue weighted by atomic mass is 10.1. The third-order valence-corrected chi connectivity index (χ3v) is 4.05. The van der Waals surface area contributed by atoms with Crippen LogP contribution in [0.1, 0.15) is 13.8 Å². The van der Waals surface area contributed by atoms with E-state index >= 15 is 0 Å². The third-order valence-electron chi connectivity index (χ3n) is 2.22. The van der Waals surface area contributed by atoms with Crippen LogP contribution in [0.25, 0.3) is 0 Å². The molecule has 0 saturated carbocycles. The van der Waals surface area contributed by atoms with E-state index in [1.165, 1.54) is 18.2 Å². The van der Waals surface area contributed by atoms with Gasteiger partial charge in [0, 0.05) is 11.1 Å². The van der Waals surface area contributed by atoms with E-state index < -0.39 is 16.1 Å². The molecule has 0 amide bonds. The fraction of sp³-hybridized carbons (Fsp3) is 0.364. The van der Waals surface area contributed by atoms with Crippen molar-refractivity contribution in [3.63, 3.8) is 0 Å². The van der Waals surface area contributed by atoms with E-state index in [0.717, 1.165) is 11.8 Å². The summed E-state index contributed by atoms with van der Waals surface area (Å²) in [7, 11) is 0. The lowest BCUT2D eigenvalue weighted by Crippen LogP contribution is -2.22. The molecule has 0 saturated heterocycles. The van der Waals surface area contributed by atoms with E-state index in [9.17, 15) is 14.9 Å². The largest absolute Gasteiger partial charge is 0.480 e. The van der Waals surface area contributed by atoms with Gasteiger partial charge in [-0.1, -0.05) is 25.4 Å². The predicted octanol–water partition coefficient (Wildman–Crippen LogP) is 3.45. The fourth-order valence-corrected chi connectivity index (χ4v) is 2.56. The smallest absolute Gasteiger partial charge is 0.317 e. The van der Waals surface area contributed by atoms with Crippen LogP contribution in [0.2, 0.25) is 5.02 Å². The van der Waals surface area contributed by atoms with Gasteiger partial charge in [-0.25, -0.2) is 0 Å². The normalized spacial score (nSPS) is 12.4. The second kappa shape index (κ2) is 6.06. The van der Waals surface area contributed by atoms with E-state index in [1.54, 1.807) is 13.8 Å². The minimum Gasteiger partial charge on any atom is -0.480 e. The number of thioether (sulfide) groups is 1. The molecule has 0 bridgehead atoms. The number of aliphatic carboxylic acids is 1. The Balaban J connectivity index is 3.10. The first-order valence-corrected chi connectivity index (χ1v) is 6.42. The molecule has 0 aliphatic heterocycles. The molecular formula is C11H12ClNO4S. The van der Waals surface area contributed by atoms with Gasteiger partial charge >= 0.3 is 5.97 Å². The van der Waals surface area contributed by atoms with Crippen molar-refractivity contribution in [3.8, 4) is 0 Å². The summed E-state index contributed by atoms with van der Waals surface area (Å²) in [5.74, 6) is -1.12. The summed E-state index contributed by atoms with van der Waals surface area (Å²) in [5.41, 5.74) is -0.167. The lowest BCUT2D eigenvalue weighted by molar-refractivity contribution is -0.387. The number of hydrogen-bond acceptors (Lipinski definition) is 4. The number of benzene rings is 1. The van der Waals surface area contributed by atoms with Crippen molar-refractivity contribution >= 4 is 35.0 Å². The summed E-state index contributed by atoms with van der Waals surface area (Å²) in [6, 6.07) is 4.21. The van der Waals surface area contributed by atoms with E-state index in [2.05, 4.69) is 0 Å². The van der Waals surface area contributed by atoms with Gasteiger partial charge in [0.15, 0.2) is 0 Å². The Bertz CT molecular complexity index is 478. The topological polar surface area (TPSA) is 80.4 Å². The van der Waals surface area contributed by atoms with E-state index in [4.69, 9.17) is 16.7 Å². The summed E-state index contributed by atoms with van der Waals surface area (Å²) < 4.78 is 0. The Morgan fingerprint density at radius 1 is 1.50 bits per heavy atom. The minimum atomic E-state index is -0.987. The molecule has 0 spiro atoms. The van der Waals surface area contributed by atoms with Gasteiger partial charge in [-0.05, 0) is 18.1 Å². The van der Waals surface area contributed by atoms with Crippen molar-refractivity contribution in [1.82, 2.24) is 0 Å². The van der Waals surface area contributed by atoms with Gasteiger partial charge in [-0.2, -0.15) is 0 Å². The highest BCUT2D eigenvalue weighted by Gasteiger charge is 2.26. The van der Waals surface area contributed by atoms with Crippen LogP contribution >= 0.6 is 23.4 Å². The highest BCUT2D eigenvalue weighted by Crippen LogP contribution is 2.36. The SMILES string of the molecule is CC(C)C(Sc1ccc(Cl)cc1[N+](=O)[O-])C(=O)O.